The Bertz CT molecular complexity index is 671. The number of halogens is 1. The van der Waals surface area contributed by atoms with Crippen LogP contribution in [0.3, 0.4) is 0 Å². The first-order valence-electron chi connectivity index (χ1n) is 9.61. The molecule has 2 aliphatic rings. The molecule has 0 aromatic heterocycles. The molecule has 1 aromatic carbocycles. The van der Waals surface area contributed by atoms with E-state index in [0.717, 1.165) is 37.1 Å². The van der Waals surface area contributed by atoms with Crippen molar-refractivity contribution in [2.45, 2.75) is 44.9 Å². The topological polar surface area (TPSA) is 46.1 Å². The van der Waals surface area contributed by atoms with Crippen molar-refractivity contribution in [1.29, 1.82) is 0 Å². The maximum Gasteiger partial charge on any atom is 0.193 e. The lowest BCUT2D eigenvalue weighted by molar-refractivity contribution is 0.151. The molecule has 27 heavy (non-hydrogen) atoms. The summed E-state index contributed by atoms with van der Waals surface area (Å²) >= 11 is 0. The van der Waals surface area contributed by atoms with Gasteiger partial charge in [-0.2, -0.15) is 0 Å². The maximum atomic E-state index is 5.46. The predicted molar refractivity (Wildman–Crippen MR) is 122 cm³/mol. The van der Waals surface area contributed by atoms with Crippen LogP contribution in [0, 0.1) is 5.41 Å². The number of hydrogen-bond acceptors (Lipinski definition) is 3. The Morgan fingerprint density at radius 3 is 2.41 bits per heavy atom. The van der Waals surface area contributed by atoms with Gasteiger partial charge in [-0.3, -0.25) is 4.99 Å². The number of hydrogen-bond donors (Lipinski definition) is 1. The minimum Gasteiger partial charge on any atom is -0.493 e. The number of benzene rings is 1. The molecular weight excluding hydrogens is 453 g/mol. The molecule has 5 nitrogen and oxygen atoms in total. The zero-order valence-electron chi connectivity index (χ0n) is 17.3. The molecular formula is C21H34IN3O2. The fraction of sp³-hybridized carbons (Fsp3) is 0.667. The summed E-state index contributed by atoms with van der Waals surface area (Å²) in [6.07, 6.45) is 5.48. The Labute approximate surface area is 180 Å². The molecule has 3 rings (SSSR count). The average Bonchev–Trinajstić information content (AvgIpc) is 3.07. The van der Waals surface area contributed by atoms with Crippen molar-refractivity contribution in [2.75, 3.05) is 40.9 Å². The highest BCUT2D eigenvalue weighted by atomic mass is 127. The Morgan fingerprint density at radius 1 is 1.19 bits per heavy atom. The molecule has 1 saturated heterocycles. The number of likely N-dealkylation sites (tertiary alicyclic amines) is 1. The zero-order chi connectivity index (χ0) is 18.8. The van der Waals surface area contributed by atoms with Gasteiger partial charge < -0.3 is 19.7 Å². The lowest BCUT2D eigenvalue weighted by Crippen LogP contribution is -2.46. The van der Waals surface area contributed by atoms with E-state index in [9.17, 15) is 0 Å². The fourth-order valence-electron chi connectivity index (χ4n) is 4.19. The molecule has 0 radical (unpaired) electrons. The Kier molecular flexibility index (Phi) is 7.27. The summed E-state index contributed by atoms with van der Waals surface area (Å²) in [6, 6.07) is 6.17. The van der Waals surface area contributed by atoms with Crippen molar-refractivity contribution in [2.24, 2.45) is 10.4 Å². The molecule has 1 aliphatic carbocycles. The molecule has 0 amide bonds. The van der Waals surface area contributed by atoms with E-state index >= 15 is 0 Å². The number of ether oxygens (including phenoxy) is 2. The van der Waals surface area contributed by atoms with Gasteiger partial charge in [-0.25, -0.2) is 0 Å². The summed E-state index contributed by atoms with van der Waals surface area (Å²) in [7, 11) is 5.23. The van der Waals surface area contributed by atoms with Crippen LogP contribution in [0.2, 0.25) is 0 Å². The van der Waals surface area contributed by atoms with Gasteiger partial charge in [0, 0.05) is 32.1 Å². The summed E-state index contributed by atoms with van der Waals surface area (Å²) in [4.78, 5) is 6.97. The molecule has 1 aliphatic heterocycles. The second-order valence-electron chi connectivity index (χ2n) is 8.38. The van der Waals surface area contributed by atoms with Crippen LogP contribution >= 0.6 is 24.0 Å². The number of nitrogens with one attached hydrogen (secondary N) is 1. The van der Waals surface area contributed by atoms with Gasteiger partial charge in [0.1, 0.15) is 0 Å². The number of rotatable bonds is 5. The summed E-state index contributed by atoms with van der Waals surface area (Å²) < 4.78 is 10.8. The summed E-state index contributed by atoms with van der Waals surface area (Å²) in [5, 5.41) is 3.61. The number of nitrogens with zero attached hydrogens (tertiary/aromatic N) is 2. The molecule has 0 unspecified atom stereocenters. The Balaban J connectivity index is 0.00000261. The fourth-order valence-corrected chi connectivity index (χ4v) is 4.19. The highest BCUT2D eigenvalue weighted by Crippen LogP contribution is 2.47. The van der Waals surface area contributed by atoms with E-state index in [4.69, 9.17) is 9.47 Å². The lowest BCUT2D eigenvalue weighted by Gasteiger charge is -2.38. The quantitative estimate of drug-likeness (QED) is 0.387. The highest BCUT2D eigenvalue weighted by molar-refractivity contribution is 14.0. The molecule has 0 atom stereocenters. The average molecular weight is 487 g/mol. The summed E-state index contributed by atoms with van der Waals surface area (Å²) in [6.45, 7) is 7.58. The van der Waals surface area contributed by atoms with Crippen LogP contribution in [0.1, 0.15) is 45.1 Å². The molecule has 1 heterocycles. The van der Waals surface area contributed by atoms with Gasteiger partial charge >= 0.3 is 0 Å². The van der Waals surface area contributed by atoms with Crippen molar-refractivity contribution in [3.63, 3.8) is 0 Å². The standard InChI is InChI=1S/C21H33N3O2.HI/c1-20(2,16-7-8-17(25-4)18(13-16)26-5)14-23-19(22-3)24-12-11-21(15-24)9-6-10-21;/h7-8,13H,6,9-12,14-15H2,1-5H3,(H,22,23);1H. The van der Waals surface area contributed by atoms with Crippen LogP contribution in [0.4, 0.5) is 0 Å². The van der Waals surface area contributed by atoms with E-state index in [2.05, 4.69) is 41.2 Å². The third-order valence-electron chi connectivity index (χ3n) is 6.22. The minimum atomic E-state index is -0.0522. The van der Waals surface area contributed by atoms with Gasteiger partial charge in [-0.1, -0.05) is 26.3 Å². The molecule has 152 valence electrons. The van der Waals surface area contributed by atoms with Gasteiger partial charge in [0.25, 0.3) is 0 Å². The van der Waals surface area contributed by atoms with E-state index < -0.39 is 0 Å². The number of guanidine groups is 1. The highest BCUT2D eigenvalue weighted by Gasteiger charge is 2.43. The van der Waals surface area contributed by atoms with Gasteiger partial charge in [0.05, 0.1) is 14.2 Å². The number of methoxy groups -OCH3 is 2. The van der Waals surface area contributed by atoms with E-state index in [1.165, 1.54) is 31.2 Å². The smallest absolute Gasteiger partial charge is 0.193 e. The van der Waals surface area contributed by atoms with Crippen molar-refractivity contribution in [1.82, 2.24) is 10.2 Å². The first-order valence-corrected chi connectivity index (χ1v) is 9.61. The molecule has 1 spiro atoms. The lowest BCUT2D eigenvalue weighted by atomic mass is 9.68. The predicted octanol–water partition coefficient (Wildman–Crippen LogP) is 4.05. The van der Waals surface area contributed by atoms with E-state index in [1.807, 2.05) is 13.1 Å². The maximum absolute atomic E-state index is 5.46. The van der Waals surface area contributed by atoms with Crippen molar-refractivity contribution < 1.29 is 9.47 Å². The van der Waals surface area contributed by atoms with Crippen LogP contribution in [-0.4, -0.2) is 51.8 Å². The van der Waals surface area contributed by atoms with Crippen molar-refractivity contribution >= 4 is 29.9 Å². The molecule has 0 bridgehead atoms. The molecule has 1 aromatic rings. The van der Waals surface area contributed by atoms with E-state index in [0.29, 0.717) is 5.41 Å². The second kappa shape index (κ2) is 8.88. The molecule has 2 fully saturated rings. The second-order valence-corrected chi connectivity index (χ2v) is 8.38. The summed E-state index contributed by atoms with van der Waals surface area (Å²) in [5.41, 5.74) is 1.75. The first kappa shape index (κ1) is 22.1. The first-order chi connectivity index (χ1) is 12.4. The van der Waals surface area contributed by atoms with E-state index in [1.54, 1.807) is 14.2 Å². The van der Waals surface area contributed by atoms with Crippen molar-refractivity contribution in [3.05, 3.63) is 23.8 Å². The van der Waals surface area contributed by atoms with Gasteiger partial charge in [0.15, 0.2) is 17.5 Å². The normalized spacial score (nSPS) is 18.7. The third kappa shape index (κ3) is 4.63. The summed E-state index contributed by atoms with van der Waals surface area (Å²) in [5.74, 6) is 2.56. The molecule has 6 heteroatoms. The van der Waals surface area contributed by atoms with Crippen molar-refractivity contribution in [3.8, 4) is 11.5 Å². The van der Waals surface area contributed by atoms with Gasteiger partial charge in [-0.05, 0) is 42.4 Å². The SMILES string of the molecule is CN=C(NCC(C)(C)c1ccc(OC)c(OC)c1)N1CCC2(CCC2)C1.I. The Morgan fingerprint density at radius 2 is 1.89 bits per heavy atom. The zero-order valence-corrected chi connectivity index (χ0v) is 19.6. The van der Waals surface area contributed by atoms with E-state index in [-0.39, 0.29) is 29.4 Å². The largest absolute Gasteiger partial charge is 0.493 e. The van der Waals surface area contributed by atoms with Crippen LogP contribution < -0.4 is 14.8 Å². The minimum absolute atomic E-state index is 0. The molecule has 1 saturated carbocycles. The van der Waals surface area contributed by atoms with Crippen LogP contribution in [0.15, 0.2) is 23.2 Å². The van der Waals surface area contributed by atoms with Crippen LogP contribution in [-0.2, 0) is 5.41 Å². The monoisotopic (exact) mass is 487 g/mol. The number of aliphatic imine (C=N–C) groups is 1. The molecule has 1 N–H and O–H groups in total. The van der Waals surface area contributed by atoms with Gasteiger partial charge in [0.2, 0.25) is 0 Å². The Hall–Kier alpha value is -1.18. The third-order valence-corrected chi connectivity index (χ3v) is 6.22. The van der Waals surface area contributed by atoms with Gasteiger partial charge in [-0.15, -0.1) is 24.0 Å². The van der Waals surface area contributed by atoms with Crippen LogP contribution in [0.5, 0.6) is 11.5 Å². The van der Waals surface area contributed by atoms with Crippen LogP contribution in [0.25, 0.3) is 0 Å².